The van der Waals surface area contributed by atoms with Crippen molar-refractivity contribution in [2.24, 2.45) is 5.92 Å². The van der Waals surface area contributed by atoms with Gasteiger partial charge in [-0.2, -0.15) is 0 Å². The maximum absolute atomic E-state index is 13.9. The highest BCUT2D eigenvalue weighted by molar-refractivity contribution is 6.08. The average molecular weight is 515 g/mol. The Labute approximate surface area is 224 Å². The molecule has 4 rings (SSSR count). The maximum Gasteiger partial charge on any atom is 0.260 e. The molecule has 1 saturated heterocycles. The van der Waals surface area contributed by atoms with Crippen molar-refractivity contribution in [3.05, 3.63) is 107 Å². The van der Waals surface area contributed by atoms with E-state index in [1.165, 1.54) is 17.0 Å². The van der Waals surface area contributed by atoms with Gasteiger partial charge in [-0.3, -0.25) is 19.9 Å². The molecule has 1 aliphatic rings. The van der Waals surface area contributed by atoms with Crippen LogP contribution in [-0.4, -0.2) is 34.6 Å². The van der Waals surface area contributed by atoms with Gasteiger partial charge in [0.1, 0.15) is 11.4 Å². The van der Waals surface area contributed by atoms with Crippen LogP contribution in [0.25, 0.3) is 0 Å². The standard InChI is InChI=1S/C31H35FN4O2/c1-21(2)17-18-31(26-11-6-5-7-12-26)29(38)36(30(33)34-31)20-23-9-8-10-25(19-23)28(37)35(4)22(3)24-13-15-27(32)16-14-24/h5-16,19,21-22H,17-18,20H2,1-4H3,(H2,33,34)/t22-,31?/m1/s1. The molecule has 0 bridgehead atoms. The summed E-state index contributed by atoms with van der Waals surface area (Å²) in [5.74, 6) is -0.195. The van der Waals surface area contributed by atoms with Gasteiger partial charge in [0, 0.05) is 12.6 Å². The minimum absolute atomic E-state index is 0.0568. The van der Waals surface area contributed by atoms with E-state index in [1.54, 1.807) is 42.3 Å². The van der Waals surface area contributed by atoms with Gasteiger partial charge in [-0.15, -0.1) is 0 Å². The molecule has 1 heterocycles. The van der Waals surface area contributed by atoms with E-state index in [-0.39, 0.29) is 36.2 Å². The molecule has 0 saturated carbocycles. The highest BCUT2D eigenvalue weighted by Gasteiger charge is 2.50. The quantitative estimate of drug-likeness (QED) is 0.376. The van der Waals surface area contributed by atoms with E-state index in [4.69, 9.17) is 5.41 Å². The van der Waals surface area contributed by atoms with Crippen LogP contribution in [-0.2, 0) is 16.9 Å². The largest absolute Gasteiger partial charge is 0.338 e. The molecule has 0 radical (unpaired) electrons. The Morgan fingerprint density at radius 2 is 1.71 bits per heavy atom. The van der Waals surface area contributed by atoms with Gasteiger partial charge in [0.2, 0.25) is 0 Å². The molecule has 2 amide bonds. The van der Waals surface area contributed by atoms with E-state index >= 15 is 0 Å². The first-order valence-corrected chi connectivity index (χ1v) is 13.0. The van der Waals surface area contributed by atoms with Gasteiger partial charge in [0.05, 0.1) is 12.6 Å². The van der Waals surface area contributed by atoms with Crippen molar-refractivity contribution in [3.8, 4) is 0 Å². The van der Waals surface area contributed by atoms with E-state index < -0.39 is 5.54 Å². The Bertz CT molecular complexity index is 1310. The van der Waals surface area contributed by atoms with Gasteiger partial charge < -0.3 is 10.2 Å². The first kappa shape index (κ1) is 27.0. The molecule has 3 aromatic carbocycles. The normalized spacial score (nSPS) is 18.0. The third kappa shape index (κ3) is 5.47. The van der Waals surface area contributed by atoms with E-state index in [0.717, 1.165) is 23.1 Å². The van der Waals surface area contributed by atoms with Gasteiger partial charge in [0.15, 0.2) is 5.96 Å². The summed E-state index contributed by atoms with van der Waals surface area (Å²) in [5, 5.41) is 11.9. The fraction of sp³-hybridized carbons (Fsp3) is 0.323. The van der Waals surface area contributed by atoms with Crippen LogP contribution in [0.4, 0.5) is 4.39 Å². The Balaban J connectivity index is 1.55. The minimum Gasteiger partial charge on any atom is -0.338 e. The van der Waals surface area contributed by atoms with E-state index in [0.29, 0.717) is 17.9 Å². The first-order valence-electron chi connectivity index (χ1n) is 13.0. The number of hydrogen-bond acceptors (Lipinski definition) is 3. The number of benzene rings is 3. The number of halogens is 1. The Morgan fingerprint density at radius 1 is 1.03 bits per heavy atom. The Kier molecular flexibility index (Phi) is 7.95. The summed E-state index contributed by atoms with van der Waals surface area (Å²) in [7, 11) is 1.72. The predicted molar refractivity (Wildman–Crippen MR) is 147 cm³/mol. The van der Waals surface area contributed by atoms with Crippen LogP contribution in [0.5, 0.6) is 0 Å². The lowest BCUT2D eigenvalue weighted by Gasteiger charge is -2.28. The van der Waals surface area contributed by atoms with Crippen LogP contribution in [0.15, 0.2) is 78.9 Å². The molecule has 2 N–H and O–H groups in total. The zero-order chi connectivity index (χ0) is 27.4. The fourth-order valence-electron chi connectivity index (χ4n) is 4.87. The molecule has 7 heteroatoms. The smallest absolute Gasteiger partial charge is 0.260 e. The Morgan fingerprint density at radius 3 is 2.37 bits per heavy atom. The zero-order valence-corrected chi connectivity index (χ0v) is 22.4. The topological polar surface area (TPSA) is 76.5 Å². The monoisotopic (exact) mass is 514 g/mol. The number of guanidine groups is 1. The number of carbonyl (C=O) groups excluding carboxylic acids is 2. The van der Waals surface area contributed by atoms with Gasteiger partial charge in [-0.25, -0.2) is 4.39 Å². The third-order valence-corrected chi connectivity index (χ3v) is 7.34. The summed E-state index contributed by atoms with van der Waals surface area (Å²) in [6.45, 7) is 6.32. The van der Waals surface area contributed by atoms with Gasteiger partial charge in [-0.05, 0) is 66.6 Å². The van der Waals surface area contributed by atoms with Crippen LogP contribution >= 0.6 is 0 Å². The number of hydrogen-bond donors (Lipinski definition) is 2. The molecule has 1 unspecified atom stereocenters. The minimum atomic E-state index is -0.985. The molecule has 198 valence electrons. The summed E-state index contributed by atoms with van der Waals surface area (Å²) >= 11 is 0. The van der Waals surface area contributed by atoms with Crippen molar-refractivity contribution >= 4 is 17.8 Å². The van der Waals surface area contributed by atoms with Crippen molar-refractivity contribution in [3.63, 3.8) is 0 Å². The highest BCUT2D eigenvalue weighted by atomic mass is 19.1. The summed E-state index contributed by atoms with van der Waals surface area (Å²) in [4.78, 5) is 30.2. The number of carbonyl (C=O) groups is 2. The second-order valence-corrected chi connectivity index (χ2v) is 10.4. The molecule has 0 aliphatic carbocycles. The lowest BCUT2D eigenvalue weighted by atomic mass is 9.83. The van der Waals surface area contributed by atoms with E-state index in [1.807, 2.05) is 43.3 Å². The van der Waals surface area contributed by atoms with Crippen molar-refractivity contribution in [2.75, 3.05) is 7.05 Å². The zero-order valence-electron chi connectivity index (χ0n) is 22.4. The first-order chi connectivity index (χ1) is 18.1. The van der Waals surface area contributed by atoms with E-state index in [9.17, 15) is 14.0 Å². The molecule has 2 atom stereocenters. The average Bonchev–Trinajstić information content (AvgIpc) is 3.17. The number of amides is 2. The molecule has 0 aromatic heterocycles. The molecular weight excluding hydrogens is 479 g/mol. The van der Waals surface area contributed by atoms with Crippen LogP contribution in [0.1, 0.15) is 66.7 Å². The predicted octanol–water partition coefficient (Wildman–Crippen LogP) is 5.86. The molecule has 6 nitrogen and oxygen atoms in total. The third-order valence-electron chi connectivity index (χ3n) is 7.34. The van der Waals surface area contributed by atoms with Crippen molar-refractivity contribution in [1.29, 1.82) is 5.41 Å². The van der Waals surface area contributed by atoms with Crippen LogP contribution < -0.4 is 5.32 Å². The fourth-order valence-corrected chi connectivity index (χ4v) is 4.87. The molecule has 1 fully saturated rings. The van der Waals surface area contributed by atoms with Crippen molar-refractivity contribution in [1.82, 2.24) is 15.1 Å². The van der Waals surface area contributed by atoms with Crippen molar-refractivity contribution in [2.45, 2.75) is 51.7 Å². The van der Waals surface area contributed by atoms with Gasteiger partial charge >= 0.3 is 0 Å². The van der Waals surface area contributed by atoms with Crippen LogP contribution in [0.3, 0.4) is 0 Å². The number of nitrogens with one attached hydrogen (secondary N) is 2. The molecular formula is C31H35FN4O2. The van der Waals surface area contributed by atoms with Gasteiger partial charge in [0.25, 0.3) is 11.8 Å². The molecule has 38 heavy (non-hydrogen) atoms. The second kappa shape index (κ2) is 11.2. The Hall–Kier alpha value is -4.00. The molecule has 0 spiro atoms. The summed E-state index contributed by atoms with van der Waals surface area (Å²) < 4.78 is 13.3. The lowest BCUT2D eigenvalue weighted by Crippen LogP contribution is -2.44. The summed E-state index contributed by atoms with van der Waals surface area (Å²) in [5.41, 5.74) is 1.93. The number of rotatable bonds is 9. The lowest BCUT2D eigenvalue weighted by molar-refractivity contribution is -0.132. The molecule has 3 aromatic rings. The highest BCUT2D eigenvalue weighted by Crippen LogP contribution is 2.35. The van der Waals surface area contributed by atoms with Crippen molar-refractivity contribution < 1.29 is 14.0 Å². The van der Waals surface area contributed by atoms with Crippen LogP contribution in [0, 0.1) is 17.1 Å². The number of nitrogens with zero attached hydrogens (tertiary/aromatic N) is 2. The SMILES string of the molecule is CC(C)CCC1(c2ccccc2)NC(=N)N(Cc2cccc(C(=O)N(C)[C@H](C)c3ccc(F)cc3)c2)C1=O. The molecule has 1 aliphatic heterocycles. The van der Waals surface area contributed by atoms with Gasteiger partial charge in [-0.1, -0.05) is 68.4 Å². The summed E-state index contributed by atoms with van der Waals surface area (Å²) in [6, 6.07) is 22.6. The summed E-state index contributed by atoms with van der Waals surface area (Å²) in [6.07, 6.45) is 1.41. The second-order valence-electron chi connectivity index (χ2n) is 10.4. The van der Waals surface area contributed by atoms with Crippen LogP contribution in [0.2, 0.25) is 0 Å². The maximum atomic E-state index is 13.9. The van der Waals surface area contributed by atoms with E-state index in [2.05, 4.69) is 19.2 Å².